The summed E-state index contributed by atoms with van der Waals surface area (Å²) in [5.41, 5.74) is 8.02. The molecule has 0 saturated carbocycles. The number of aryl methyl sites for hydroxylation is 2. The van der Waals surface area contributed by atoms with E-state index in [1.165, 1.54) is 65.5 Å². The van der Waals surface area contributed by atoms with Gasteiger partial charge in [0.05, 0.1) is 12.4 Å². The van der Waals surface area contributed by atoms with Gasteiger partial charge in [-0.3, -0.25) is 0 Å². The predicted molar refractivity (Wildman–Crippen MR) is 141 cm³/mol. The largest absolute Gasteiger partial charge is 0.456 e. The molecule has 8 rings (SSSR count). The van der Waals surface area contributed by atoms with Gasteiger partial charge < -0.3 is 4.42 Å². The monoisotopic (exact) mass is 437 g/mol. The second kappa shape index (κ2) is 6.15. The highest BCUT2D eigenvalue weighted by molar-refractivity contribution is 6.29. The fraction of sp³-hybridized carbons (Fsp3) is 0.0645. The van der Waals surface area contributed by atoms with Crippen LogP contribution < -0.4 is 4.57 Å². The molecule has 8 aromatic rings. The van der Waals surface area contributed by atoms with E-state index in [-0.39, 0.29) is 0 Å². The van der Waals surface area contributed by atoms with Crippen molar-refractivity contribution in [1.29, 1.82) is 0 Å². The molecule has 5 aromatic carbocycles. The maximum Gasteiger partial charge on any atom is 0.295 e. The number of pyridine rings is 1. The van der Waals surface area contributed by atoms with Crippen molar-refractivity contribution in [3.8, 4) is 0 Å². The van der Waals surface area contributed by atoms with Gasteiger partial charge in [0.2, 0.25) is 0 Å². The minimum atomic E-state index is 0.935. The third-order valence-corrected chi connectivity index (χ3v) is 7.50. The van der Waals surface area contributed by atoms with E-state index < -0.39 is 0 Å². The highest BCUT2D eigenvalue weighted by Crippen LogP contribution is 2.42. The Morgan fingerprint density at radius 1 is 0.676 bits per heavy atom. The molecule has 0 spiro atoms. The summed E-state index contributed by atoms with van der Waals surface area (Å²) >= 11 is 0. The lowest BCUT2D eigenvalue weighted by atomic mass is 9.97. The average molecular weight is 438 g/mol. The minimum Gasteiger partial charge on any atom is -0.456 e. The zero-order valence-electron chi connectivity index (χ0n) is 19.0. The first-order valence-electron chi connectivity index (χ1n) is 11.7. The van der Waals surface area contributed by atoms with Crippen LogP contribution in [0.2, 0.25) is 0 Å². The Hall–Kier alpha value is -4.37. The summed E-state index contributed by atoms with van der Waals surface area (Å²) in [4.78, 5) is 0. The summed E-state index contributed by atoms with van der Waals surface area (Å²) in [6.07, 6.45) is 0. The highest BCUT2D eigenvalue weighted by Gasteiger charge is 2.27. The Labute approximate surface area is 195 Å². The molecule has 34 heavy (non-hydrogen) atoms. The molecule has 0 amide bonds. The highest BCUT2D eigenvalue weighted by atomic mass is 16.3. The van der Waals surface area contributed by atoms with Crippen LogP contribution >= 0.6 is 0 Å². The molecule has 3 heterocycles. The van der Waals surface area contributed by atoms with Gasteiger partial charge >= 0.3 is 0 Å². The van der Waals surface area contributed by atoms with Gasteiger partial charge in [0.25, 0.3) is 5.65 Å². The van der Waals surface area contributed by atoms with Gasteiger partial charge in [0, 0.05) is 26.9 Å². The van der Waals surface area contributed by atoms with Crippen LogP contribution in [0, 0.1) is 6.92 Å². The lowest BCUT2D eigenvalue weighted by Crippen LogP contribution is -2.27. The molecular weight excluding hydrogens is 416 g/mol. The van der Waals surface area contributed by atoms with E-state index in [1.54, 1.807) is 0 Å². The lowest BCUT2D eigenvalue weighted by molar-refractivity contribution is -0.617. The van der Waals surface area contributed by atoms with Gasteiger partial charge in [-0.05, 0) is 54.3 Å². The molecule has 3 aromatic heterocycles. The summed E-state index contributed by atoms with van der Waals surface area (Å²) in [5.74, 6) is 0. The predicted octanol–water partition coefficient (Wildman–Crippen LogP) is 7.58. The van der Waals surface area contributed by atoms with Crippen LogP contribution in [0.15, 0.2) is 95.4 Å². The molecular formula is C31H21N2O+. The zero-order valence-corrected chi connectivity index (χ0v) is 19.0. The fourth-order valence-electron chi connectivity index (χ4n) is 6.09. The Kier molecular flexibility index (Phi) is 3.27. The number of benzene rings is 5. The number of furan rings is 1. The van der Waals surface area contributed by atoms with Gasteiger partial charge in [-0.1, -0.05) is 54.6 Å². The van der Waals surface area contributed by atoms with Gasteiger partial charge in [0.15, 0.2) is 11.0 Å². The van der Waals surface area contributed by atoms with E-state index >= 15 is 0 Å². The van der Waals surface area contributed by atoms with Crippen molar-refractivity contribution in [2.75, 3.05) is 0 Å². The third-order valence-electron chi connectivity index (χ3n) is 7.50. The number of rotatable bonds is 0. The van der Waals surface area contributed by atoms with E-state index in [0.29, 0.717) is 0 Å². The number of hydrogen-bond acceptors (Lipinski definition) is 1. The van der Waals surface area contributed by atoms with Crippen LogP contribution in [0.4, 0.5) is 0 Å². The van der Waals surface area contributed by atoms with Crippen molar-refractivity contribution in [3.05, 3.63) is 96.6 Å². The van der Waals surface area contributed by atoms with Crippen molar-refractivity contribution in [2.24, 2.45) is 7.05 Å². The van der Waals surface area contributed by atoms with Crippen LogP contribution in [0.3, 0.4) is 0 Å². The van der Waals surface area contributed by atoms with Crippen molar-refractivity contribution in [2.45, 2.75) is 6.92 Å². The number of nitrogens with zero attached hydrogens (tertiary/aromatic N) is 2. The average Bonchev–Trinajstić information content (AvgIpc) is 3.39. The van der Waals surface area contributed by atoms with E-state index in [9.17, 15) is 0 Å². The van der Waals surface area contributed by atoms with Crippen LogP contribution in [0.5, 0.6) is 0 Å². The Morgan fingerprint density at radius 3 is 2.29 bits per heavy atom. The third kappa shape index (κ3) is 2.06. The molecule has 0 saturated heterocycles. The van der Waals surface area contributed by atoms with Gasteiger partial charge in [-0.25, -0.2) is 4.57 Å². The SMILES string of the molecule is Cc1cc2oc3ccccc3c2c2c3ccccc3n3c4c5ccccc5ccc4[n+](C)c3c12. The van der Waals surface area contributed by atoms with Gasteiger partial charge in [-0.2, -0.15) is 4.40 Å². The molecule has 0 aliphatic carbocycles. The van der Waals surface area contributed by atoms with Crippen LogP contribution in [0.25, 0.3) is 71.1 Å². The van der Waals surface area contributed by atoms with E-state index in [1.807, 2.05) is 6.07 Å². The van der Waals surface area contributed by atoms with Crippen molar-refractivity contribution in [3.63, 3.8) is 0 Å². The first kappa shape index (κ1) is 18.1. The van der Waals surface area contributed by atoms with E-state index in [2.05, 4.69) is 108 Å². The molecule has 0 N–H and O–H groups in total. The number of fused-ring (bicyclic) bond motifs is 14. The first-order valence-corrected chi connectivity index (χ1v) is 11.7. The van der Waals surface area contributed by atoms with Crippen LogP contribution in [-0.4, -0.2) is 4.40 Å². The molecule has 0 radical (unpaired) electrons. The molecule has 0 aliphatic heterocycles. The number of imidazole rings is 1. The molecule has 0 fully saturated rings. The minimum absolute atomic E-state index is 0.935. The maximum atomic E-state index is 6.34. The Bertz CT molecular complexity index is 2140. The molecule has 0 atom stereocenters. The number of para-hydroxylation sites is 2. The smallest absolute Gasteiger partial charge is 0.295 e. The summed E-state index contributed by atoms with van der Waals surface area (Å²) in [6, 6.07) is 32.6. The summed E-state index contributed by atoms with van der Waals surface area (Å²) in [5, 5.41) is 8.69. The number of aromatic nitrogens is 2. The summed E-state index contributed by atoms with van der Waals surface area (Å²) in [6.45, 7) is 2.21. The quantitative estimate of drug-likeness (QED) is 0.177. The standard InChI is InChI=1S/C31H21N2O/c1-18-17-26-28(22-12-6-8-14-25(22)34-26)29-21-11-5-7-13-23(21)33-30-20-10-4-3-9-19(20)15-16-24(30)32(2)31(33)27(18)29/h3-17H,1-2H3/q+1. The van der Waals surface area contributed by atoms with Crippen molar-refractivity contribution in [1.82, 2.24) is 4.40 Å². The topological polar surface area (TPSA) is 21.4 Å². The summed E-state index contributed by atoms with van der Waals surface area (Å²) < 4.78 is 11.2. The molecule has 3 heteroatoms. The lowest BCUT2D eigenvalue weighted by Gasteiger charge is -2.09. The second-order valence-electron chi connectivity index (χ2n) is 9.30. The van der Waals surface area contributed by atoms with E-state index in [4.69, 9.17) is 4.42 Å². The van der Waals surface area contributed by atoms with Crippen LogP contribution in [0.1, 0.15) is 5.56 Å². The molecule has 3 nitrogen and oxygen atoms in total. The summed E-state index contributed by atoms with van der Waals surface area (Å²) in [7, 11) is 2.19. The first-order chi connectivity index (χ1) is 16.7. The molecule has 0 bridgehead atoms. The van der Waals surface area contributed by atoms with Crippen LogP contribution in [-0.2, 0) is 7.05 Å². The van der Waals surface area contributed by atoms with Crippen molar-refractivity contribution >= 4 is 71.1 Å². The second-order valence-corrected chi connectivity index (χ2v) is 9.30. The fourth-order valence-corrected chi connectivity index (χ4v) is 6.09. The number of hydrogen-bond donors (Lipinski definition) is 0. The normalized spacial score (nSPS) is 12.4. The Balaban J connectivity index is 1.80. The van der Waals surface area contributed by atoms with Gasteiger partial charge in [-0.15, -0.1) is 0 Å². The molecule has 160 valence electrons. The van der Waals surface area contributed by atoms with E-state index in [0.717, 1.165) is 11.2 Å². The Morgan fingerprint density at radius 2 is 1.41 bits per heavy atom. The maximum absolute atomic E-state index is 6.34. The molecule has 0 aliphatic rings. The molecule has 0 unspecified atom stereocenters. The zero-order chi connectivity index (χ0) is 22.6. The van der Waals surface area contributed by atoms with Gasteiger partial charge in [0.1, 0.15) is 16.7 Å². The van der Waals surface area contributed by atoms with Crippen molar-refractivity contribution < 1.29 is 8.98 Å².